The van der Waals surface area contributed by atoms with Crippen LogP contribution < -0.4 is 16.0 Å². The van der Waals surface area contributed by atoms with Crippen molar-refractivity contribution in [3.8, 4) is 0 Å². The van der Waals surface area contributed by atoms with Crippen molar-refractivity contribution in [2.75, 3.05) is 0 Å². The van der Waals surface area contributed by atoms with E-state index in [1.54, 1.807) is 24.3 Å². The molecule has 2 amide bonds. The smallest absolute Gasteiger partial charge is 0.267 e. The maximum atomic E-state index is 12.2. The van der Waals surface area contributed by atoms with Gasteiger partial charge < -0.3 is 0 Å². The molecule has 1 fully saturated rings. The summed E-state index contributed by atoms with van der Waals surface area (Å²) >= 11 is 0. The first-order valence-corrected chi connectivity index (χ1v) is 9.27. The van der Waals surface area contributed by atoms with E-state index in [0.29, 0.717) is 11.1 Å². The highest BCUT2D eigenvalue weighted by atomic mass is 16.2. The minimum absolute atomic E-state index is 0.231. The third-order valence-electron chi connectivity index (χ3n) is 4.63. The fourth-order valence-electron chi connectivity index (χ4n) is 3.07. The molecular weight excluding hydrogens is 328 g/mol. The van der Waals surface area contributed by atoms with E-state index >= 15 is 0 Å². The predicted molar refractivity (Wildman–Crippen MR) is 101 cm³/mol. The Labute approximate surface area is 153 Å². The van der Waals surface area contributed by atoms with Gasteiger partial charge in [-0.15, -0.1) is 10.5 Å². The number of carbonyl (C=O) groups is 2. The minimum Gasteiger partial charge on any atom is -0.267 e. The molecule has 3 N–H and O–H groups in total. The first-order valence-electron chi connectivity index (χ1n) is 9.27. The first-order chi connectivity index (χ1) is 12.7. The van der Waals surface area contributed by atoms with Crippen LogP contribution in [0.2, 0.25) is 0 Å². The van der Waals surface area contributed by atoms with Gasteiger partial charge in [0.25, 0.3) is 5.91 Å². The second kappa shape index (κ2) is 9.08. The average molecular weight is 353 g/mol. The van der Waals surface area contributed by atoms with E-state index in [4.69, 9.17) is 0 Å². The van der Waals surface area contributed by atoms with Gasteiger partial charge in [-0.25, -0.2) is 5.43 Å². The highest BCUT2D eigenvalue weighted by Crippen LogP contribution is 2.14. The molecule has 0 radical (unpaired) electrons. The van der Waals surface area contributed by atoms with E-state index in [2.05, 4.69) is 27.1 Å². The van der Waals surface area contributed by atoms with Gasteiger partial charge in [-0.05, 0) is 62.8 Å². The summed E-state index contributed by atoms with van der Waals surface area (Å²) in [4.78, 5) is 24.3. The monoisotopic (exact) mass is 353 g/mol. The quantitative estimate of drug-likeness (QED) is 0.719. The van der Waals surface area contributed by atoms with Crippen molar-refractivity contribution in [2.24, 2.45) is 5.10 Å². The molecule has 0 aliphatic heterocycles. The summed E-state index contributed by atoms with van der Waals surface area (Å²) in [5.74, 6) is -0.484. The zero-order chi connectivity index (χ0) is 18.2. The normalized spacial score (nSPS) is 18.5. The lowest BCUT2D eigenvalue weighted by atomic mass is 9.99. The molecule has 0 heterocycles. The summed E-state index contributed by atoms with van der Waals surface area (Å²) in [7, 11) is 0. The number of allylic oxidation sites excluding steroid dienone is 2. The molecule has 1 saturated carbocycles. The van der Waals surface area contributed by atoms with Crippen LogP contribution in [0.1, 0.15) is 72.1 Å². The number of hydrazone groups is 2. The van der Waals surface area contributed by atoms with Crippen LogP contribution in [0.15, 0.2) is 41.5 Å². The van der Waals surface area contributed by atoms with Crippen LogP contribution in [0.25, 0.3) is 0 Å². The molecule has 2 aliphatic carbocycles. The van der Waals surface area contributed by atoms with Crippen molar-refractivity contribution < 1.29 is 14.7 Å². The molecule has 1 aromatic rings. The maximum Gasteiger partial charge on any atom is 0.304 e. The van der Waals surface area contributed by atoms with Gasteiger partial charge in [0.2, 0.25) is 5.71 Å². The molecule has 0 saturated heterocycles. The maximum absolute atomic E-state index is 12.2. The number of hydrogen-bond acceptors (Lipinski definition) is 3. The van der Waals surface area contributed by atoms with Crippen LogP contribution in [0.3, 0.4) is 0 Å². The topological polar surface area (TPSA) is 84.5 Å². The SMILES string of the molecule is O=C(NN=C1CCCCC1)c1ccc(C(=O)N/[NH+]=C2\C=CCCC2)cc1. The van der Waals surface area contributed by atoms with Crippen LogP contribution >= 0.6 is 0 Å². The first kappa shape index (κ1) is 18.0. The van der Waals surface area contributed by atoms with Crippen molar-refractivity contribution in [3.63, 3.8) is 0 Å². The van der Waals surface area contributed by atoms with Crippen molar-refractivity contribution in [2.45, 2.75) is 51.4 Å². The average Bonchev–Trinajstić information content (AvgIpc) is 2.72. The second-order valence-electron chi connectivity index (χ2n) is 6.66. The van der Waals surface area contributed by atoms with Gasteiger partial charge in [0.15, 0.2) is 0 Å². The summed E-state index contributed by atoms with van der Waals surface area (Å²) in [6.45, 7) is 0. The van der Waals surface area contributed by atoms with Gasteiger partial charge in [-0.3, -0.25) is 9.59 Å². The van der Waals surface area contributed by atoms with Crippen molar-refractivity contribution in [1.29, 1.82) is 0 Å². The Bertz CT molecular complexity index is 740. The lowest BCUT2D eigenvalue weighted by molar-refractivity contribution is -0.508. The molecule has 0 unspecified atom stereocenters. The highest BCUT2D eigenvalue weighted by molar-refractivity contribution is 5.98. The molecule has 6 heteroatoms. The van der Waals surface area contributed by atoms with Crippen LogP contribution in [0, 0.1) is 0 Å². The Morgan fingerprint density at radius 2 is 1.58 bits per heavy atom. The summed E-state index contributed by atoms with van der Waals surface area (Å²) in [5, 5.41) is 7.16. The number of hydrogen-bond donors (Lipinski definition) is 3. The summed E-state index contributed by atoms with van der Waals surface area (Å²) in [5.41, 5.74) is 8.33. The van der Waals surface area contributed by atoms with Crippen LogP contribution in [0.4, 0.5) is 0 Å². The Morgan fingerprint density at radius 3 is 2.23 bits per heavy atom. The summed E-state index contributed by atoms with van der Waals surface area (Å²) in [6.07, 6.45) is 12.6. The standard InChI is InChI=1S/C20H24N4O2/c25-19(23-21-17-7-3-1-4-8-17)15-11-13-16(14-12-15)20(26)24-22-18-9-5-2-6-10-18/h3,7,11-14H,1-2,4-6,8-10H2,(H,23,25)(H,24,26)/p+1/b21-17+. The Morgan fingerprint density at radius 1 is 0.885 bits per heavy atom. The van der Waals surface area contributed by atoms with E-state index in [0.717, 1.165) is 56.4 Å². The largest absolute Gasteiger partial charge is 0.304 e. The lowest BCUT2D eigenvalue weighted by Crippen LogP contribution is -2.84. The second-order valence-corrected chi connectivity index (χ2v) is 6.66. The van der Waals surface area contributed by atoms with E-state index < -0.39 is 0 Å². The molecular formula is C20H25N4O2+. The summed E-state index contributed by atoms with van der Waals surface area (Å²) < 4.78 is 0. The van der Waals surface area contributed by atoms with Crippen molar-refractivity contribution >= 4 is 23.2 Å². The Balaban J connectivity index is 1.55. The zero-order valence-electron chi connectivity index (χ0n) is 14.9. The minimum atomic E-state index is -0.254. The van der Waals surface area contributed by atoms with Gasteiger partial charge in [0.05, 0.1) is 0 Å². The van der Waals surface area contributed by atoms with Gasteiger partial charge in [0, 0.05) is 29.3 Å². The van der Waals surface area contributed by atoms with Crippen LogP contribution in [-0.2, 0) is 0 Å². The number of nitrogens with one attached hydrogen (secondary N) is 3. The van der Waals surface area contributed by atoms with E-state index in [1.807, 2.05) is 6.08 Å². The summed E-state index contributed by atoms with van der Waals surface area (Å²) in [6, 6.07) is 6.56. The fraction of sp³-hybridized carbons (Fsp3) is 0.400. The van der Waals surface area contributed by atoms with Crippen molar-refractivity contribution in [3.05, 3.63) is 47.5 Å². The molecule has 1 aromatic carbocycles. The van der Waals surface area contributed by atoms with Crippen LogP contribution in [0.5, 0.6) is 0 Å². The number of amides is 2. The molecule has 0 aromatic heterocycles. The molecule has 136 valence electrons. The van der Waals surface area contributed by atoms with E-state index in [-0.39, 0.29) is 11.8 Å². The number of nitrogens with zero attached hydrogens (tertiary/aromatic N) is 1. The molecule has 0 atom stereocenters. The predicted octanol–water partition coefficient (Wildman–Crippen LogP) is 1.64. The number of hydrazine groups is 1. The highest BCUT2D eigenvalue weighted by Gasteiger charge is 2.12. The Hall–Kier alpha value is -2.76. The number of benzene rings is 1. The van der Waals surface area contributed by atoms with Crippen molar-refractivity contribution in [1.82, 2.24) is 10.9 Å². The van der Waals surface area contributed by atoms with Gasteiger partial charge in [-0.1, -0.05) is 12.5 Å². The number of carbonyl (C=O) groups excluding carboxylic acids is 2. The third-order valence-corrected chi connectivity index (χ3v) is 4.63. The molecule has 2 aliphatic rings. The molecule has 6 nitrogen and oxygen atoms in total. The van der Waals surface area contributed by atoms with Gasteiger partial charge in [-0.2, -0.15) is 5.10 Å². The lowest BCUT2D eigenvalue weighted by Gasteiger charge is -2.12. The molecule has 0 spiro atoms. The van der Waals surface area contributed by atoms with E-state index in [1.165, 1.54) is 6.42 Å². The van der Waals surface area contributed by atoms with Crippen LogP contribution in [-0.4, -0.2) is 23.2 Å². The van der Waals surface area contributed by atoms with E-state index in [9.17, 15) is 9.59 Å². The molecule has 0 bridgehead atoms. The molecule has 26 heavy (non-hydrogen) atoms. The molecule has 3 rings (SSSR count). The number of rotatable bonds is 4. The Kier molecular flexibility index (Phi) is 6.30. The third kappa shape index (κ3) is 5.12. The van der Waals surface area contributed by atoms with Gasteiger partial charge >= 0.3 is 5.91 Å². The zero-order valence-corrected chi connectivity index (χ0v) is 14.9. The fourth-order valence-corrected chi connectivity index (χ4v) is 3.07. The van der Waals surface area contributed by atoms with Gasteiger partial charge in [0.1, 0.15) is 0 Å².